The van der Waals surface area contributed by atoms with Crippen molar-refractivity contribution in [1.29, 1.82) is 0 Å². The monoisotopic (exact) mass is 291 g/mol. The molecule has 0 radical (unpaired) electrons. The summed E-state index contributed by atoms with van der Waals surface area (Å²) in [6.07, 6.45) is 2.44. The van der Waals surface area contributed by atoms with E-state index < -0.39 is 0 Å². The van der Waals surface area contributed by atoms with Crippen molar-refractivity contribution in [1.82, 2.24) is 15.5 Å². The topological polar surface area (TPSA) is 81.2 Å². The van der Waals surface area contributed by atoms with Crippen LogP contribution in [0.5, 0.6) is 0 Å². The molecule has 2 atom stereocenters. The molecule has 0 bridgehead atoms. The van der Waals surface area contributed by atoms with E-state index in [0.29, 0.717) is 17.5 Å². The summed E-state index contributed by atoms with van der Waals surface area (Å²) in [4.78, 5) is 16.3. The lowest BCUT2D eigenvalue weighted by atomic mass is 9.98. The van der Waals surface area contributed by atoms with E-state index in [1.807, 2.05) is 20.8 Å². The summed E-state index contributed by atoms with van der Waals surface area (Å²) in [5.74, 6) is 1.41. The Kier molecular flexibility index (Phi) is 4.77. The van der Waals surface area contributed by atoms with E-state index in [-0.39, 0.29) is 23.8 Å². The maximum atomic E-state index is 12.0. The number of carbonyl (C=O) groups excluding carboxylic acids is 1. The van der Waals surface area contributed by atoms with Crippen molar-refractivity contribution < 1.29 is 13.7 Å². The Bertz CT molecular complexity index is 575. The van der Waals surface area contributed by atoms with Gasteiger partial charge in [0.25, 0.3) is 0 Å². The first kappa shape index (κ1) is 15.3. The molecule has 0 unspecified atom stereocenters. The molecule has 1 amide bonds. The lowest BCUT2D eigenvalue weighted by Crippen LogP contribution is -2.35. The average Bonchev–Trinajstić information content (AvgIpc) is 3.13. The number of nitrogens with zero attached hydrogens (tertiary/aromatic N) is 2. The number of hydrogen-bond acceptors (Lipinski definition) is 5. The second-order valence-electron chi connectivity index (χ2n) is 5.46. The Labute approximate surface area is 123 Å². The first-order valence-electron chi connectivity index (χ1n) is 7.20. The van der Waals surface area contributed by atoms with Crippen molar-refractivity contribution in [2.45, 2.75) is 40.2 Å². The minimum absolute atomic E-state index is 0.0296. The fourth-order valence-electron chi connectivity index (χ4n) is 1.87. The lowest BCUT2D eigenvalue weighted by Gasteiger charge is -2.21. The fraction of sp³-hybridized carbons (Fsp3) is 0.533. The Morgan fingerprint density at radius 2 is 2.14 bits per heavy atom. The zero-order chi connectivity index (χ0) is 15.4. The van der Waals surface area contributed by atoms with Crippen LogP contribution >= 0.6 is 0 Å². The van der Waals surface area contributed by atoms with Gasteiger partial charge in [0.2, 0.25) is 17.6 Å². The molecule has 0 saturated carbocycles. The van der Waals surface area contributed by atoms with E-state index in [4.69, 9.17) is 8.94 Å². The molecule has 6 nitrogen and oxygen atoms in total. The molecule has 0 spiro atoms. The molecule has 0 aliphatic rings. The molecule has 2 aromatic rings. The van der Waals surface area contributed by atoms with Gasteiger partial charge in [0.1, 0.15) is 6.04 Å². The predicted octanol–water partition coefficient (Wildman–Crippen LogP) is 3.19. The van der Waals surface area contributed by atoms with Gasteiger partial charge in [-0.25, -0.2) is 0 Å². The van der Waals surface area contributed by atoms with Crippen LogP contribution in [-0.2, 0) is 4.79 Å². The highest BCUT2D eigenvalue weighted by Crippen LogP contribution is 2.26. The standard InChI is InChI=1S/C15H21N3O3/c1-5-10(4)12(16-14(19)9(2)3)15-17-13(18-21-15)11-7-6-8-20-11/h6-10,12H,5H2,1-4H3,(H,16,19)/t10-,12+/m1/s1. The summed E-state index contributed by atoms with van der Waals surface area (Å²) in [5, 5.41) is 6.89. The SMILES string of the molecule is CC[C@@H](C)[C@H](NC(=O)C(C)C)c1nc(-c2ccco2)no1. The van der Waals surface area contributed by atoms with Crippen molar-refractivity contribution in [2.24, 2.45) is 11.8 Å². The molecular weight excluding hydrogens is 270 g/mol. The molecule has 21 heavy (non-hydrogen) atoms. The molecule has 6 heteroatoms. The van der Waals surface area contributed by atoms with Gasteiger partial charge >= 0.3 is 0 Å². The summed E-state index contributed by atoms with van der Waals surface area (Å²) < 4.78 is 10.6. The zero-order valence-corrected chi connectivity index (χ0v) is 12.8. The highest BCUT2D eigenvalue weighted by atomic mass is 16.5. The third kappa shape index (κ3) is 3.51. The zero-order valence-electron chi connectivity index (χ0n) is 12.8. The number of hydrogen-bond donors (Lipinski definition) is 1. The lowest BCUT2D eigenvalue weighted by molar-refractivity contribution is -0.125. The van der Waals surface area contributed by atoms with Gasteiger partial charge in [0.15, 0.2) is 5.76 Å². The number of nitrogens with one attached hydrogen (secondary N) is 1. The Balaban J connectivity index is 2.23. The van der Waals surface area contributed by atoms with Crippen molar-refractivity contribution in [3.8, 4) is 11.6 Å². The van der Waals surface area contributed by atoms with E-state index in [2.05, 4.69) is 22.4 Å². The molecule has 0 aromatic carbocycles. The highest BCUT2D eigenvalue weighted by molar-refractivity contribution is 5.78. The first-order chi connectivity index (χ1) is 10.0. The molecule has 2 rings (SSSR count). The Hall–Kier alpha value is -2.11. The molecular formula is C15H21N3O3. The number of aromatic nitrogens is 2. The van der Waals surface area contributed by atoms with E-state index in [1.165, 1.54) is 0 Å². The fourth-order valence-corrected chi connectivity index (χ4v) is 1.87. The highest BCUT2D eigenvalue weighted by Gasteiger charge is 2.27. The number of furan rings is 1. The van der Waals surface area contributed by atoms with E-state index in [0.717, 1.165) is 6.42 Å². The minimum Gasteiger partial charge on any atom is -0.461 e. The molecule has 114 valence electrons. The summed E-state index contributed by atoms with van der Waals surface area (Å²) in [6.45, 7) is 7.81. The number of rotatable bonds is 6. The van der Waals surface area contributed by atoms with Gasteiger partial charge in [-0.15, -0.1) is 0 Å². The molecule has 2 aromatic heterocycles. The van der Waals surface area contributed by atoms with Crippen molar-refractivity contribution >= 4 is 5.91 Å². The van der Waals surface area contributed by atoms with Crippen LogP contribution in [-0.4, -0.2) is 16.0 Å². The Morgan fingerprint density at radius 3 is 2.71 bits per heavy atom. The van der Waals surface area contributed by atoms with Gasteiger partial charge in [-0.3, -0.25) is 4.79 Å². The first-order valence-corrected chi connectivity index (χ1v) is 7.20. The third-order valence-corrected chi connectivity index (χ3v) is 3.48. The number of carbonyl (C=O) groups is 1. The van der Waals surface area contributed by atoms with Gasteiger partial charge in [-0.1, -0.05) is 39.3 Å². The Morgan fingerprint density at radius 1 is 1.38 bits per heavy atom. The van der Waals surface area contributed by atoms with Crippen molar-refractivity contribution in [3.63, 3.8) is 0 Å². The van der Waals surface area contributed by atoms with Gasteiger partial charge < -0.3 is 14.3 Å². The second-order valence-corrected chi connectivity index (χ2v) is 5.46. The third-order valence-electron chi connectivity index (χ3n) is 3.48. The van der Waals surface area contributed by atoms with Crippen LogP contribution in [0.2, 0.25) is 0 Å². The van der Waals surface area contributed by atoms with Crippen LogP contribution in [0, 0.1) is 11.8 Å². The summed E-state index contributed by atoms with van der Waals surface area (Å²) in [6, 6.07) is 3.23. The van der Waals surface area contributed by atoms with Crippen LogP contribution < -0.4 is 5.32 Å². The van der Waals surface area contributed by atoms with Crippen LogP contribution in [0.15, 0.2) is 27.3 Å². The number of amides is 1. The van der Waals surface area contributed by atoms with Gasteiger partial charge in [0, 0.05) is 5.92 Å². The summed E-state index contributed by atoms with van der Waals surface area (Å²) in [7, 11) is 0. The van der Waals surface area contributed by atoms with Crippen LogP contribution in [0.3, 0.4) is 0 Å². The molecule has 0 saturated heterocycles. The van der Waals surface area contributed by atoms with Gasteiger partial charge in [0.05, 0.1) is 6.26 Å². The van der Waals surface area contributed by atoms with Crippen LogP contribution in [0.1, 0.15) is 46.0 Å². The molecule has 0 aliphatic carbocycles. The van der Waals surface area contributed by atoms with Crippen molar-refractivity contribution in [2.75, 3.05) is 0 Å². The van der Waals surface area contributed by atoms with Crippen LogP contribution in [0.25, 0.3) is 11.6 Å². The van der Waals surface area contributed by atoms with E-state index >= 15 is 0 Å². The smallest absolute Gasteiger partial charge is 0.249 e. The van der Waals surface area contributed by atoms with Gasteiger partial charge in [-0.2, -0.15) is 4.98 Å². The normalized spacial score (nSPS) is 14.1. The van der Waals surface area contributed by atoms with Gasteiger partial charge in [-0.05, 0) is 18.1 Å². The molecule has 2 heterocycles. The minimum atomic E-state index is -0.291. The largest absolute Gasteiger partial charge is 0.461 e. The maximum absolute atomic E-state index is 12.0. The molecule has 0 aliphatic heterocycles. The van der Waals surface area contributed by atoms with E-state index in [1.54, 1.807) is 18.4 Å². The summed E-state index contributed by atoms with van der Waals surface area (Å²) >= 11 is 0. The molecule has 1 N–H and O–H groups in total. The van der Waals surface area contributed by atoms with Crippen LogP contribution in [0.4, 0.5) is 0 Å². The van der Waals surface area contributed by atoms with Crippen molar-refractivity contribution in [3.05, 3.63) is 24.3 Å². The average molecular weight is 291 g/mol. The van der Waals surface area contributed by atoms with E-state index in [9.17, 15) is 4.79 Å². The predicted molar refractivity (Wildman–Crippen MR) is 77.2 cm³/mol. The maximum Gasteiger partial charge on any atom is 0.249 e. The second kappa shape index (κ2) is 6.56. The quantitative estimate of drug-likeness (QED) is 0.884. The molecule has 0 fully saturated rings. The summed E-state index contributed by atoms with van der Waals surface area (Å²) in [5.41, 5.74) is 0.